The van der Waals surface area contributed by atoms with E-state index in [1.807, 2.05) is 0 Å². The number of fused-ring (bicyclic) bond motifs is 1. The largest absolute Gasteiger partial charge is 0.497 e. The number of hydrogen-bond donors (Lipinski definition) is 0. The van der Waals surface area contributed by atoms with Crippen molar-refractivity contribution in [2.45, 2.75) is 13.0 Å². The molecule has 0 amide bonds. The van der Waals surface area contributed by atoms with E-state index in [-0.39, 0.29) is 32.9 Å². The summed E-state index contributed by atoms with van der Waals surface area (Å²) in [5.74, 6) is 0.631. The molecule has 3 heterocycles. The Balaban J connectivity index is 1.66. The number of ether oxygens (including phenoxy) is 3. The first-order chi connectivity index (χ1) is 19.7. The maximum absolute atomic E-state index is 13.8. The zero-order chi connectivity index (χ0) is 29.4. The average molecular weight is 596 g/mol. The molecule has 0 aliphatic carbocycles. The van der Waals surface area contributed by atoms with Crippen molar-refractivity contribution >= 4 is 40.7 Å². The van der Waals surface area contributed by atoms with Crippen LogP contribution < -0.4 is 24.4 Å². The normalized spacial score (nSPS) is 14.9. The third-order valence-electron chi connectivity index (χ3n) is 6.48. The summed E-state index contributed by atoms with van der Waals surface area (Å²) in [6, 6.07) is 11.6. The Hall–Kier alpha value is -4.68. The van der Waals surface area contributed by atoms with Crippen LogP contribution in [0.3, 0.4) is 0 Å². The van der Waals surface area contributed by atoms with Crippen molar-refractivity contribution in [1.82, 2.24) is 4.57 Å². The van der Waals surface area contributed by atoms with Crippen LogP contribution in [-0.2, 0) is 9.53 Å². The van der Waals surface area contributed by atoms with Crippen molar-refractivity contribution in [1.29, 1.82) is 0 Å². The van der Waals surface area contributed by atoms with Crippen LogP contribution in [0.2, 0.25) is 5.02 Å². The molecular weight excluding hydrogens is 574 g/mol. The van der Waals surface area contributed by atoms with Crippen LogP contribution >= 0.6 is 22.9 Å². The van der Waals surface area contributed by atoms with Crippen molar-refractivity contribution < 1.29 is 28.3 Å². The monoisotopic (exact) mass is 595 g/mol. The molecule has 2 aromatic carbocycles. The molecule has 13 heteroatoms. The lowest BCUT2D eigenvalue weighted by Crippen LogP contribution is -2.40. The Morgan fingerprint density at radius 1 is 1.15 bits per heavy atom. The molecule has 1 atom stereocenters. The number of methoxy groups -OCH3 is 3. The second-order valence-electron chi connectivity index (χ2n) is 8.80. The van der Waals surface area contributed by atoms with E-state index in [1.54, 1.807) is 43.3 Å². The van der Waals surface area contributed by atoms with Gasteiger partial charge in [0.05, 0.1) is 53.7 Å². The van der Waals surface area contributed by atoms with Crippen molar-refractivity contribution in [2.75, 3.05) is 21.3 Å². The fourth-order valence-corrected chi connectivity index (χ4v) is 5.82. The van der Waals surface area contributed by atoms with Crippen LogP contribution in [0.1, 0.15) is 24.3 Å². The Bertz CT molecular complexity index is 1920. The summed E-state index contributed by atoms with van der Waals surface area (Å²) < 4.78 is 23.2. The molecular formula is C28H22ClN3O8S. The van der Waals surface area contributed by atoms with E-state index in [1.165, 1.54) is 44.1 Å². The summed E-state index contributed by atoms with van der Waals surface area (Å²) in [5.41, 5.74) is 0.648. The fraction of sp³-hybridized carbons (Fsp3) is 0.179. The summed E-state index contributed by atoms with van der Waals surface area (Å²) in [5, 5.41) is 12.0. The van der Waals surface area contributed by atoms with Gasteiger partial charge in [-0.1, -0.05) is 22.9 Å². The molecule has 41 heavy (non-hydrogen) atoms. The number of furan rings is 1. The number of halogens is 1. The van der Waals surface area contributed by atoms with E-state index in [9.17, 15) is 19.7 Å². The molecule has 0 saturated heterocycles. The number of carbonyl (C=O) groups excluding carboxylic acids is 1. The summed E-state index contributed by atoms with van der Waals surface area (Å²) in [6.45, 7) is 1.66. The number of hydrogen-bond acceptors (Lipinski definition) is 10. The van der Waals surface area contributed by atoms with Crippen molar-refractivity contribution in [2.24, 2.45) is 4.99 Å². The summed E-state index contributed by atoms with van der Waals surface area (Å²) in [6.07, 6.45) is 1.52. The molecule has 0 N–H and O–H groups in total. The predicted octanol–water partition coefficient (Wildman–Crippen LogP) is 4.25. The molecule has 0 radical (unpaired) electrons. The van der Waals surface area contributed by atoms with Gasteiger partial charge >= 0.3 is 5.97 Å². The van der Waals surface area contributed by atoms with Gasteiger partial charge in [-0.15, -0.1) is 0 Å². The number of thiazole rings is 1. The number of rotatable bonds is 7. The minimum Gasteiger partial charge on any atom is -0.497 e. The van der Waals surface area contributed by atoms with Gasteiger partial charge in [0.15, 0.2) is 4.80 Å². The second-order valence-corrected chi connectivity index (χ2v) is 10.2. The number of allylic oxidation sites excluding steroid dienone is 1. The summed E-state index contributed by atoms with van der Waals surface area (Å²) in [4.78, 5) is 42.7. The molecule has 0 bridgehead atoms. The lowest BCUT2D eigenvalue weighted by atomic mass is 9.95. The summed E-state index contributed by atoms with van der Waals surface area (Å²) in [7, 11) is 4.15. The maximum atomic E-state index is 13.8. The molecule has 1 aliphatic rings. The molecule has 210 valence electrons. The van der Waals surface area contributed by atoms with Crippen LogP contribution in [-0.4, -0.2) is 36.8 Å². The highest BCUT2D eigenvalue weighted by atomic mass is 35.5. The predicted molar refractivity (Wildman–Crippen MR) is 151 cm³/mol. The first-order valence-electron chi connectivity index (χ1n) is 12.0. The van der Waals surface area contributed by atoms with E-state index in [4.69, 9.17) is 30.2 Å². The number of aromatic nitrogens is 1. The summed E-state index contributed by atoms with van der Waals surface area (Å²) >= 11 is 7.41. The zero-order valence-corrected chi connectivity index (χ0v) is 23.7. The number of nitrogens with zero attached hydrogens (tertiary/aromatic N) is 3. The third kappa shape index (κ3) is 5.03. The van der Waals surface area contributed by atoms with E-state index in [0.717, 1.165) is 11.3 Å². The minimum absolute atomic E-state index is 0.166. The second kappa shape index (κ2) is 11.1. The molecule has 1 aliphatic heterocycles. The van der Waals surface area contributed by atoms with Gasteiger partial charge in [0.2, 0.25) is 0 Å². The molecule has 0 fully saturated rings. The number of benzene rings is 2. The van der Waals surface area contributed by atoms with Crippen LogP contribution in [0, 0.1) is 10.1 Å². The van der Waals surface area contributed by atoms with Crippen molar-refractivity contribution in [3.05, 3.63) is 106 Å². The number of nitro groups is 1. The van der Waals surface area contributed by atoms with Gasteiger partial charge in [-0.2, -0.15) is 0 Å². The number of nitro benzene ring substituents is 1. The Morgan fingerprint density at radius 3 is 2.61 bits per heavy atom. The van der Waals surface area contributed by atoms with Gasteiger partial charge in [0.1, 0.15) is 29.1 Å². The minimum atomic E-state index is -0.927. The maximum Gasteiger partial charge on any atom is 0.338 e. The zero-order valence-electron chi connectivity index (χ0n) is 22.2. The standard InChI is InChI=1S/C28H22ClN3O8S/c1-14-24(27(34)39-4)25(19-11-15(29)5-9-21(19)38-3)31-26(33)23(41-28(31)30-14)13-17-7-10-22(40-17)18-8-6-16(37-2)12-20(18)32(35)36/h5-13,25H,1-4H3/b23-13-/t25-/m1/s1. The lowest BCUT2D eigenvalue weighted by molar-refractivity contribution is -0.384. The molecule has 0 spiro atoms. The van der Waals surface area contributed by atoms with E-state index in [0.29, 0.717) is 32.6 Å². The van der Waals surface area contributed by atoms with Gasteiger partial charge in [-0.3, -0.25) is 19.5 Å². The fourth-order valence-electron chi connectivity index (χ4n) is 4.61. The number of carbonyl (C=O) groups is 1. The highest BCUT2D eigenvalue weighted by molar-refractivity contribution is 7.07. The number of esters is 1. The Labute approximate surface area is 241 Å². The highest BCUT2D eigenvalue weighted by Crippen LogP contribution is 2.37. The van der Waals surface area contributed by atoms with Gasteiger partial charge in [-0.25, -0.2) is 9.79 Å². The van der Waals surface area contributed by atoms with Gasteiger partial charge in [0, 0.05) is 16.7 Å². The van der Waals surface area contributed by atoms with Gasteiger partial charge in [0.25, 0.3) is 11.2 Å². The topological polar surface area (TPSA) is 135 Å². The Kier molecular flexibility index (Phi) is 7.52. The van der Waals surface area contributed by atoms with E-state index in [2.05, 4.69) is 4.99 Å². The quantitative estimate of drug-likeness (QED) is 0.176. The van der Waals surface area contributed by atoms with E-state index < -0.39 is 22.5 Å². The van der Waals surface area contributed by atoms with Crippen LogP contribution in [0.25, 0.3) is 17.4 Å². The average Bonchev–Trinajstić information content (AvgIpc) is 3.55. The highest BCUT2D eigenvalue weighted by Gasteiger charge is 2.35. The lowest BCUT2D eigenvalue weighted by Gasteiger charge is -2.25. The molecule has 0 unspecified atom stereocenters. The first kappa shape index (κ1) is 27.9. The van der Waals surface area contributed by atoms with E-state index >= 15 is 0 Å². The Morgan fingerprint density at radius 2 is 1.93 bits per heavy atom. The van der Waals surface area contributed by atoms with Crippen LogP contribution in [0.5, 0.6) is 11.5 Å². The van der Waals surface area contributed by atoms with Crippen molar-refractivity contribution in [3.63, 3.8) is 0 Å². The molecule has 0 saturated carbocycles. The first-order valence-corrected chi connectivity index (χ1v) is 13.2. The van der Waals surface area contributed by atoms with Crippen LogP contribution in [0.15, 0.2) is 74.0 Å². The van der Waals surface area contributed by atoms with Gasteiger partial charge < -0.3 is 18.6 Å². The molecule has 5 rings (SSSR count). The molecule has 11 nitrogen and oxygen atoms in total. The third-order valence-corrected chi connectivity index (χ3v) is 7.70. The SMILES string of the molecule is COC(=O)C1=C(C)N=c2s/c(=C\c3ccc(-c4ccc(OC)cc4[N+](=O)[O-])o3)c(=O)n2[C@@H]1c1cc(Cl)ccc1OC. The molecule has 2 aromatic heterocycles. The molecule has 4 aromatic rings. The van der Waals surface area contributed by atoms with Gasteiger partial charge in [-0.05, 0) is 49.4 Å². The van der Waals surface area contributed by atoms with Crippen molar-refractivity contribution in [3.8, 4) is 22.8 Å². The smallest absolute Gasteiger partial charge is 0.338 e. The van der Waals surface area contributed by atoms with Crippen LogP contribution in [0.4, 0.5) is 5.69 Å².